The summed E-state index contributed by atoms with van der Waals surface area (Å²) in [5, 5.41) is 36.7. The van der Waals surface area contributed by atoms with Gasteiger partial charge in [0.25, 0.3) is 0 Å². The van der Waals surface area contributed by atoms with Crippen LogP contribution in [-0.4, -0.2) is 100 Å². The van der Waals surface area contributed by atoms with Crippen LogP contribution >= 0.6 is 0 Å². The molecule has 7 atom stereocenters. The van der Waals surface area contributed by atoms with Crippen molar-refractivity contribution in [3.8, 4) is 0 Å². The maximum absolute atomic E-state index is 14.4. The largest absolute Gasteiger partial charge is 0.469 e. The minimum Gasteiger partial charge on any atom is -0.469 e. The van der Waals surface area contributed by atoms with Gasteiger partial charge in [0.15, 0.2) is 0 Å². The Morgan fingerprint density at radius 1 is 0.609 bits per heavy atom. The van der Waals surface area contributed by atoms with Crippen LogP contribution in [0.5, 0.6) is 0 Å². The Hall–Kier alpha value is -6.26. The van der Waals surface area contributed by atoms with Crippen LogP contribution in [0.25, 0.3) is 10.9 Å². The number of ether oxygens (including phenoxy) is 2. The molecular weight excluding hydrogens is 821 g/mol. The van der Waals surface area contributed by atoms with Crippen LogP contribution in [0, 0.1) is 11.8 Å². The molecule has 16 nitrogen and oxygen atoms in total. The Morgan fingerprint density at radius 2 is 1.14 bits per heavy atom. The Balaban J connectivity index is 1.51. The molecule has 0 saturated heterocycles. The molecule has 0 saturated carbocycles. The molecule has 3 aromatic carbocycles. The number of fused-ring (bicyclic) bond motifs is 1. The first-order valence-electron chi connectivity index (χ1n) is 21.7. The first-order chi connectivity index (χ1) is 30.5. The Morgan fingerprint density at radius 3 is 1.75 bits per heavy atom. The molecule has 5 amide bonds. The predicted octanol–water partition coefficient (Wildman–Crippen LogP) is 3.97. The van der Waals surface area contributed by atoms with E-state index in [0.717, 1.165) is 27.6 Å². The first-order valence-corrected chi connectivity index (χ1v) is 21.7. The number of alkyl carbamates (subject to hydrolysis) is 1. The van der Waals surface area contributed by atoms with E-state index in [9.17, 15) is 39.0 Å². The number of carbonyl (C=O) groups excluding carboxylic acids is 6. The van der Waals surface area contributed by atoms with Gasteiger partial charge in [-0.1, -0.05) is 107 Å². The number of para-hydroxylation sites is 1. The van der Waals surface area contributed by atoms with Gasteiger partial charge in [-0.15, -0.1) is 0 Å². The van der Waals surface area contributed by atoms with Crippen LogP contribution in [0.4, 0.5) is 4.79 Å². The molecule has 8 N–H and O–H groups in total. The number of benzene rings is 3. The van der Waals surface area contributed by atoms with Gasteiger partial charge in [0.2, 0.25) is 23.6 Å². The summed E-state index contributed by atoms with van der Waals surface area (Å²) >= 11 is 0. The summed E-state index contributed by atoms with van der Waals surface area (Å²) in [6.45, 7) is 9.00. The van der Waals surface area contributed by atoms with Crippen molar-refractivity contribution in [1.82, 2.24) is 31.6 Å². The summed E-state index contributed by atoms with van der Waals surface area (Å²) in [5.41, 5.74) is 3.06. The molecule has 0 aliphatic rings. The van der Waals surface area contributed by atoms with Gasteiger partial charge in [-0.3, -0.25) is 24.0 Å². The molecule has 0 unspecified atom stereocenters. The third-order valence-electron chi connectivity index (χ3n) is 10.6. The first kappa shape index (κ1) is 50.4. The molecule has 64 heavy (non-hydrogen) atoms. The number of carbonyl (C=O) groups is 6. The molecule has 0 aliphatic carbocycles. The van der Waals surface area contributed by atoms with Crippen molar-refractivity contribution in [3.05, 3.63) is 108 Å². The monoisotopic (exact) mass is 884 g/mol. The van der Waals surface area contributed by atoms with Gasteiger partial charge in [0.1, 0.15) is 24.7 Å². The number of amides is 5. The van der Waals surface area contributed by atoms with Gasteiger partial charge in [-0.25, -0.2) is 4.79 Å². The van der Waals surface area contributed by atoms with E-state index < -0.39 is 84.5 Å². The van der Waals surface area contributed by atoms with Crippen molar-refractivity contribution in [3.63, 3.8) is 0 Å². The lowest BCUT2D eigenvalue weighted by molar-refractivity contribution is -0.144. The number of nitrogens with one attached hydrogen (secondary N) is 6. The number of aliphatic hydroxyl groups excluding tert-OH is 2. The maximum atomic E-state index is 14.4. The van der Waals surface area contributed by atoms with Crippen LogP contribution in [0.3, 0.4) is 0 Å². The maximum Gasteiger partial charge on any atom is 0.408 e. The SMILES string of the molecule is COC(=O)C[C@H](O)[C@H](CC(C)C)NC(=O)[C@H](C)NC(=O)C[C@H](O)[C@H](CC(C)C)NC(=O)[C@H](Cc1c[nH]c2ccccc12)NC(=O)[C@H](Cc1ccccc1)NC(=O)OCc1ccccc1. The van der Waals surface area contributed by atoms with Gasteiger partial charge in [-0.2, -0.15) is 0 Å². The molecule has 16 heteroatoms. The molecular formula is C48H64N6O10. The normalized spacial score (nSPS) is 14.6. The number of esters is 1. The number of hydrogen-bond acceptors (Lipinski definition) is 10. The van der Waals surface area contributed by atoms with Gasteiger partial charge in [0, 0.05) is 29.9 Å². The standard InChI is InChI=1S/C48H64N6O10/c1-29(2)21-37(41(55)25-43(57)50-31(5)45(59)51-38(22-30(3)4)42(56)26-44(58)63-6)52-47(61)40(24-34-27-49-36-20-14-13-19-35(34)36)53-46(60)39(23-32-15-9-7-10-16-32)54-48(62)64-28-33-17-11-8-12-18-33/h7-20,27,29-31,37-42,49,55-56H,21-26,28H2,1-6H3,(H,50,57)(H,51,59)(H,52,61)(H,53,60)(H,54,62)/t31-,37-,38-,39-,40-,41-,42-/m0/s1. The fourth-order valence-corrected chi connectivity index (χ4v) is 7.29. The number of aromatic nitrogens is 1. The zero-order valence-corrected chi connectivity index (χ0v) is 37.5. The van der Waals surface area contributed by atoms with Crippen molar-refractivity contribution in [1.29, 1.82) is 0 Å². The van der Waals surface area contributed by atoms with Crippen molar-refractivity contribution >= 4 is 46.6 Å². The second kappa shape index (κ2) is 25.1. The minimum atomic E-state index is -1.41. The fraction of sp³-hybridized carbons (Fsp3) is 0.458. The minimum absolute atomic E-state index is 0.0248. The van der Waals surface area contributed by atoms with Crippen LogP contribution in [0.2, 0.25) is 0 Å². The highest BCUT2D eigenvalue weighted by Crippen LogP contribution is 2.20. The quantitative estimate of drug-likeness (QED) is 0.0472. The van der Waals surface area contributed by atoms with E-state index in [-0.39, 0.29) is 44.1 Å². The second-order valence-corrected chi connectivity index (χ2v) is 17.0. The summed E-state index contributed by atoms with van der Waals surface area (Å²) in [6, 6.07) is 20.5. The van der Waals surface area contributed by atoms with Gasteiger partial charge < -0.3 is 51.3 Å². The van der Waals surface area contributed by atoms with E-state index in [1.165, 1.54) is 14.0 Å². The van der Waals surface area contributed by atoms with E-state index >= 15 is 0 Å². The summed E-state index contributed by atoms with van der Waals surface area (Å²) in [7, 11) is 1.20. The molecule has 1 aromatic heterocycles. The van der Waals surface area contributed by atoms with E-state index in [1.54, 1.807) is 18.3 Å². The Labute approximate surface area is 374 Å². The highest BCUT2D eigenvalue weighted by molar-refractivity contribution is 5.93. The number of H-pyrrole nitrogens is 1. The highest BCUT2D eigenvalue weighted by Gasteiger charge is 2.33. The smallest absolute Gasteiger partial charge is 0.408 e. The van der Waals surface area contributed by atoms with E-state index in [2.05, 4.69) is 36.3 Å². The lowest BCUT2D eigenvalue weighted by atomic mass is 9.95. The molecule has 4 aromatic rings. The van der Waals surface area contributed by atoms with E-state index in [0.29, 0.717) is 6.42 Å². The Kier molecular flexibility index (Phi) is 19.8. The van der Waals surface area contributed by atoms with E-state index in [4.69, 9.17) is 4.74 Å². The summed E-state index contributed by atoms with van der Waals surface area (Å²) < 4.78 is 10.1. The Bertz CT molecular complexity index is 2130. The van der Waals surface area contributed by atoms with Crippen LogP contribution in [-0.2, 0) is 52.9 Å². The van der Waals surface area contributed by atoms with Crippen molar-refractivity contribution in [2.45, 2.75) is 122 Å². The average Bonchev–Trinajstić information content (AvgIpc) is 3.67. The van der Waals surface area contributed by atoms with Gasteiger partial charge in [-0.05, 0) is 54.4 Å². The molecule has 4 rings (SSSR count). The topological polar surface area (TPSA) is 237 Å². The van der Waals surface area contributed by atoms with E-state index in [1.807, 2.05) is 100 Å². The zero-order valence-electron chi connectivity index (χ0n) is 37.5. The van der Waals surface area contributed by atoms with Gasteiger partial charge in [0.05, 0.1) is 44.2 Å². The molecule has 0 radical (unpaired) electrons. The molecule has 0 fully saturated rings. The lowest BCUT2D eigenvalue weighted by Crippen LogP contribution is -2.57. The third-order valence-corrected chi connectivity index (χ3v) is 10.6. The number of aromatic amines is 1. The van der Waals surface area contributed by atoms with Crippen LogP contribution in [0.15, 0.2) is 91.1 Å². The zero-order chi connectivity index (χ0) is 46.8. The van der Waals surface area contributed by atoms with Crippen molar-refractivity contribution < 1.29 is 48.5 Å². The molecule has 0 aliphatic heterocycles. The second-order valence-electron chi connectivity index (χ2n) is 17.0. The number of aliphatic hydroxyl groups is 2. The molecule has 1 heterocycles. The molecule has 0 spiro atoms. The molecule has 346 valence electrons. The number of methoxy groups -OCH3 is 1. The average molecular weight is 885 g/mol. The predicted molar refractivity (Wildman–Crippen MR) is 241 cm³/mol. The van der Waals surface area contributed by atoms with Crippen LogP contribution in [0.1, 0.15) is 77.0 Å². The lowest BCUT2D eigenvalue weighted by Gasteiger charge is -2.29. The van der Waals surface area contributed by atoms with Gasteiger partial charge >= 0.3 is 12.1 Å². The third kappa shape index (κ3) is 16.5. The number of hydrogen-bond donors (Lipinski definition) is 8. The highest BCUT2D eigenvalue weighted by atomic mass is 16.5. The summed E-state index contributed by atoms with van der Waals surface area (Å²) in [5.74, 6) is -3.20. The van der Waals surface area contributed by atoms with Crippen molar-refractivity contribution in [2.75, 3.05) is 7.11 Å². The summed E-state index contributed by atoms with van der Waals surface area (Å²) in [4.78, 5) is 83.3. The fourth-order valence-electron chi connectivity index (χ4n) is 7.29. The van der Waals surface area contributed by atoms with Crippen molar-refractivity contribution in [2.24, 2.45) is 11.8 Å². The number of rotatable bonds is 24. The van der Waals surface area contributed by atoms with Crippen LogP contribution < -0.4 is 26.6 Å². The summed E-state index contributed by atoms with van der Waals surface area (Å²) in [6.07, 6.45) is -1.79. The molecule has 0 bridgehead atoms.